The Morgan fingerprint density at radius 3 is 2.90 bits per heavy atom. The number of benzene rings is 1. The zero-order chi connectivity index (χ0) is 14.5. The number of aliphatic hydroxyl groups is 1. The van der Waals surface area contributed by atoms with Crippen LogP contribution in [0, 0.1) is 5.92 Å². The van der Waals surface area contributed by atoms with Gasteiger partial charge in [0, 0.05) is 19.7 Å². The van der Waals surface area contributed by atoms with Crippen molar-refractivity contribution < 1.29 is 23.4 Å². The van der Waals surface area contributed by atoms with E-state index in [1.54, 1.807) is 17.0 Å². The molecule has 2 rings (SSSR count). The summed E-state index contributed by atoms with van der Waals surface area (Å²) in [4.78, 5) is 14.0. The predicted molar refractivity (Wildman–Crippen MR) is 68.8 cm³/mol. The third-order valence-corrected chi connectivity index (χ3v) is 3.44. The number of aliphatic hydroxyl groups excluding tert-OH is 1. The minimum absolute atomic E-state index is 0.0950. The van der Waals surface area contributed by atoms with E-state index in [0.717, 1.165) is 6.42 Å². The van der Waals surface area contributed by atoms with Gasteiger partial charge in [-0.2, -0.15) is 8.78 Å². The summed E-state index contributed by atoms with van der Waals surface area (Å²) in [5, 5.41) is 8.91. The Bertz CT molecular complexity index is 467. The number of halogens is 2. The molecule has 0 bridgehead atoms. The van der Waals surface area contributed by atoms with Crippen LogP contribution in [-0.2, 0) is 0 Å². The number of amides is 1. The van der Waals surface area contributed by atoms with Gasteiger partial charge in [-0.05, 0) is 30.9 Å². The van der Waals surface area contributed by atoms with Crippen LogP contribution in [0.2, 0.25) is 0 Å². The topological polar surface area (TPSA) is 49.8 Å². The smallest absolute Gasteiger partial charge is 0.387 e. The number of rotatable bonds is 5. The van der Waals surface area contributed by atoms with Crippen molar-refractivity contribution in [3.63, 3.8) is 0 Å². The lowest BCUT2D eigenvalue weighted by Gasteiger charge is -2.18. The molecule has 0 spiro atoms. The first-order chi connectivity index (χ1) is 9.61. The van der Waals surface area contributed by atoms with E-state index in [0.29, 0.717) is 19.5 Å². The Kier molecular flexibility index (Phi) is 4.89. The highest BCUT2D eigenvalue weighted by Gasteiger charge is 2.28. The minimum Gasteiger partial charge on any atom is -0.434 e. The monoisotopic (exact) mass is 285 g/mol. The van der Waals surface area contributed by atoms with Gasteiger partial charge < -0.3 is 14.7 Å². The van der Waals surface area contributed by atoms with E-state index in [1.165, 1.54) is 12.1 Å². The Balaban J connectivity index is 2.10. The van der Waals surface area contributed by atoms with Crippen molar-refractivity contribution in [2.45, 2.75) is 19.5 Å². The Labute approximate surface area is 116 Å². The summed E-state index contributed by atoms with van der Waals surface area (Å²) in [7, 11) is 0. The summed E-state index contributed by atoms with van der Waals surface area (Å²) in [5.41, 5.74) is 0.150. The maximum Gasteiger partial charge on any atom is 0.387 e. The van der Waals surface area contributed by atoms with Crippen LogP contribution in [0.25, 0.3) is 0 Å². The number of hydrogen-bond donors (Lipinski definition) is 1. The third kappa shape index (κ3) is 3.45. The van der Waals surface area contributed by atoms with Gasteiger partial charge in [-0.25, -0.2) is 0 Å². The summed E-state index contributed by atoms with van der Waals surface area (Å²) in [6.45, 7) is -1.74. The molecule has 1 aromatic carbocycles. The highest BCUT2D eigenvalue weighted by molar-refractivity contribution is 5.97. The molecule has 1 fully saturated rings. The summed E-state index contributed by atoms with van der Waals surface area (Å²) >= 11 is 0. The van der Waals surface area contributed by atoms with E-state index >= 15 is 0 Å². The molecular weight excluding hydrogens is 268 g/mol. The molecule has 110 valence electrons. The zero-order valence-corrected chi connectivity index (χ0v) is 11.0. The summed E-state index contributed by atoms with van der Waals surface area (Å²) < 4.78 is 29.0. The number of nitrogens with zero attached hydrogens (tertiary/aromatic N) is 1. The lowest BCUT2D eigenvalue weighted by atomic mass is 10.1. The number of hydrogen-bond acceptors (Lipinski definition) is 3. The van der Waals surface area contributed by atoms with E-state index < -0.39 is 6.61 Å². The normalized spacial score (nSPS) is 18.6. The molecule has 1 heterocycles. The average Bonchev–Trinajstić information content (AvgIpc) is 2.87. The molecule has 0 saturated carbocycles. The molecule has 0 radical (unpaired) electrons. The zero-order valence-electron chi connectivity index (χ0n) is 11.0. The predicted octanol–water partition coefficient (Wildman–Crippen LogP) is 2.13. The van der Waals surface area contributed by atoms with Gasteiger partial charge in [0.25, 0.3) is 5.91 Å². The SMILES string of the molecule is O=C(c1ccccc1OC(F)F)N1CCC(CCO)C1. The van der Waals surface area contributed by atoms with E-state index in [2.05, 4.69) is 4.74 Å². The van der Waals surface area contributed by atoms with E-state index in [-0.39, 0.29) is 29.7 Å². The van der Waals surface area contributed by atoms with Gasteiger partial charge >= 0.3 is 6.61 Å². The van der Waals surface area contributed by atoms with Crippen molar-refractivity contribution in [3.8, 4) is 5.75 Å². The second kappa shape index (κ2) is 6.65. The molecule has 1 amide bonds. The maximum atomic E-state index is 12.3. The standard InChI is InChI=1S/C14H17F2NO3/c15-14(16)20-12-4-2-1-3-11(12)13(19)17-7-5-10(9-17)6-8-18/h1-4,10,14,18H,5-9H2. The first-order valence-electron chi connectivity index (χ1n) is 6.55. The summed E-state index contributed by atoms with van der Waals surface area (Å²) in [5.74, 6) is -0.132. The van der Waals surface area contributed by atoms with Gasteiger partial charge in [0.05, 0.1) is 5.56 Å². The second-order valence-corrected chi connectivity index (χ2v) is 4.79. The van der Waals surface area contributed by atoms with E-state index in [4.69, 9.17) is 5.11 Å². The van der Waals surface area contributed by atoms with Crippen LogP contribution in [0.1, 0.15) is 23.2 Å². The number of alkyl halides is 2. The molecule has 1 aliphatic rings. The molecule has 1 aromatic rings. The molecule has 1 atom stereocenters. The molecule has 1 saturated heterocycles. The lowest BCUT2D eigenvalue weighted by molar-refractivity contribution is -0.0502. The fraction of sp³-hybridized carbons (Fsp3) is 0.500. The Morgan fingerprint density at radius 1 is 1.45 bits per heavy atom. The van der Waals surface area contributed by atoms with Crippen LogP contribution >= 0.6 is 0 Å². The van der Waals surface area contributed by atoms with Crippen molar-refractivity contribution in [2.75, 3.05) is 19.7 Å². The van der Waals surface area contributed by atoms with Gasteiger partial charge in [-0.3, -0.25) is 4.79 Å². The molecule has 20 heavy (non-hydrogen) atoms. The molecule has 0 aliphatic carbocycles. The van der Waals surface area contributed by atoms with Crippen LogP contribution in [0.15, 0.2) is 24.3 Å². The molecule has 1 unspecified atom stereocenters. The first-order valence-corrected chi connectivity index (χ1v) is 6.55. The van der Waals surface area contributed by atoms with Gasteiger partial charge in [0.1, 0.15) is 5.75 Å². The van der Waals surface area contributed by atoms with Crippen molar-refractivity contribution in [1.82, 2.24) is 4.90 Å². The number of ether oxygens (including phenoxy) is 1. The molecule has 0 aromatic heterocycles. The van der Waals surface area contributed by atoms with Crippen LogP contribution in [-0.4, -0.2) is 42.2 Å². The average molecular weight is 285 g/mol. The molecular formula is C14H17F2NO3. The van der Waals surface area contributed by atoms with Gasteiger partial charge in [0.2, 0.25) is 0 Å². The minimum atomic E-state index is -2.95. The summed E-state index contributed by atoms with van der Waals surface area (Å²) in [6, 6.07) is 6.01. The summed E-state index contributed by atoms with van der Waals surface area (Å²) in [6.07, 6.45) is 1.48. The van der Waals surface area contributed by atoms with Crippen LogP contribution in [0.4, 0.5) is 8.78 Å². The van der Waals surface area contributed by atoms with Gasteiger partial charge in [0.15, 0.2) is 0 Å². The highest BCUT2D eigenvalue weighted by Crippen LogP contribution is 2.26. The molecule has 1 aliphatic heterocycles. The number of likely N-dealkylation sites (tertiary alicyclic amines) is 1. The quantitative estimate of drug-likeness (QED) is 0.901. The molecule has 4 nitrogen and oxygen atoms in total. The van der Waals surface area contributed by atoms with Crippen molar-refractivity contribution in [1.29, 1.82) is 0 Å². The lowest BCUT2D eigenvalue weighted by Crippen LogP contribution is -2.29. The van der Waals surface area contributed by atoms with Crippen molar-refractivity contribution in [2.24, 2.45) is 5.92 Å². The second-order valence-electron chi connectivity index (χ2n) is 4.79. The highest BCUT2D eigenvalue weighted by atomic mass is 19.3. The molecule has 6 heteroatoms. The van der Waals surface area contributed by atoms with Crippen LogP contribution in [0.3, 0.4) is 0 Å². The largest absolute Gasteiger partial charge is 0.434 e. The van der Waals surface area contributed by atoms with Crippen LogP contribution < -0.4 is 4.74 Å². The first kappa shape index (κ1) is 14.7. The number of carbonyl (C=O) groups excluding carboxylic acids is 1. The van der Waals surface area contributed by atoms with Crippen molar-refractivity contribution >= 4 is 5.91 Å². The number of para-hydroxylation sites is 1. The van der Waals surface area contributed by atoms with Crippen molar-refractivity contribution in [3.05, 3.63) is 29.8 Å². The van der Waals surface area contributed by atoms with Crippen LogP contribution in [0.5, 0.6) is 5.75 Å². The van der Waals surface area contributed by atoms with Gasteiger partial charge in [-0.15, -0.1) is 0 Å². The van der Waals surface area contributed by atoms with E-state index in [9.17, 15) is 13.6 Å². The van der Waals surface area contributed by atoms with Gasteiger partial charge in [-0.1, -0.05) is 12.1 Å². The fourth-order valence-corrected chi connectivity index (χ4v) is 2.45. The maximum absolute atomic E-state index is 12.3. The van der Waals surface area contributed by atoms with E-state index in [1.807, 2.05) is 0 Å². The Hall–Kier alpha value is -1.69. The third-order valence-electron chi connectivity index (χ3n) is 3.44. The molecule has 1 N–H and O–H groups in total. The fourth-order valence-electron chi connectivity index (χ4n) is 2.45. The Morgan fingerprint density at radius 2 is 2.20 bits per heavy atom. The number of carbonyl (C=O) groups is 1.